The summed E-state index contributed by atoms with van der Waals surface area (Å²) in [5.41, 5.74) is 7.83. The Morgan fingerprint density at radius 3 is 2.54 bits per heavy atom. The first-order chi connectivity index (χ1) is 11.6. The molecule has 24 heavy (non-hydrogen) atoms. The number of nitrogens with two attached hydrogens (primary N) is 1. The van der Waals surface area contributed by atoms with Gasteiger partial charge in [-0.15, -0.1) is 0 Å². The molecule has 2 aromatic carbocycles. The van der Waals surface area contributed by atoms with E-state index >= 15 is 0 Å². The van der Waals surface area contributed by atoms with E-state index in [9.17, 15) is 9.59 Å². The zero-order chi connectivity index (χ0) is 17.4. The van der Waals surface area contributed by atoms with Gasteiger partial charge in [0.05, 0.1) is 5.69 Å². The number of nitrogens with one attached hydrogen (secondary N) is 1. The normalized spacial score (nSPS) is 10.2. The number of anilines is 1. The first-order valence-electron chi connectivity index (χ1n) is 7.96. The van der Waals surface area contributed by atoms with Crippen molar-refractivity contribution in [1.29, 1.82) is 0 Å². The summed E-state index contributed by atoms with van der Waals surface area (Å²) in [6.07, 6.45) is 1.28. The lowest BCUT2D eigenvalue weighted by atomic mass is 10.1. The van der Waals surface area contributed by atoms with E-state index < -0.39 is 0 Å². The Morgan fingerprint density at radius 2 is 1.88 bits per heavy atom. The van der Waals surface area contributed by atoms with Gasteiger partial charge in [-0.1, -0.05) is 37.3 Å². The molecule has 0 radical (unpaired) electrons. The highest BCUT2D eigenvalue weighted by molar-refractivity contribution is 5.97. The van der Waals surface area contributed by atoms with Crippen LogP contribution in [0, 0.1) is 0 Å². The summed E-state index contributed by atoms with van der Waals surface area (Å²) >= 11 is 0. The van der Waals surface area contributed by atoms with Crippen LogP contribution in [0.5, 0.6) is 5.75 Å². The molecule has 0 aromatic heterocycles. The number of ketones is 1. The smallest absolute Gasteiger partial charge is 0.258 e. The largest absolute Gasteiger partial charge is 0.482 e. The molecule has 3 N–H and O–H groups in total. The number of rotatable bonds is 8. The maximum Gasteiger partial charge on any atom is 0.258 e. The SMILES string of the molecule is CCCC(=O)c1ccc(OCC(=O)NCc2ccccc2)c(N)c1. The number of nitrogen functional groups attached to an aromatic ring is 1. The van der Waals surface area contributed by atoms with Crippen LogP contribution in [0.1, 0.15) is 35.7 Å². The van der Waals surface area contributed by atoms with Crippen molar-refractivity contribution in [2.45, 2.75) is 26.3 Å². The van der Waals surface area contributed by atoms with E-state index in [0.29, 0.717) is 30.0 Å². The minimum Gasteiger partial charge on any atom is -0.482 e. The van der Waals surface area contributed by atoms with Gasteiger partial charge in [-0.3, -0.25) is 9.59 Å². The number of carbonyl (C=O) groups excluding carboxylic acids is 2. The highest BCUT2D eigenvalue weighted by Crippen LogP contribution is 2.23. The number of hydrogen-bond donors (Lipinski definition) is 2. The first kappa shape index (κ1) is 17.5. The molecule has 0 saturated carbocycles. The van der Waals surface area contributed by atoms with Crippen molar-refractivity contribution in [3.05, 3.63) is 59.7 Å². The Bertz CT molecular complexity index is 699. The molecule has 0 atom stereocenters. The molecule has 5 heteroatoms. The maximum atomic E-state index is 11.8. The number of ether oxygens (including phenoxy) is 1. The van der Waals surface area contributed by atoms with Gasteiger partial charge >= 0.3 is 0 Å². The van der Waals surface area contributed by atoms with Crippen LogP contribution in [0.3, 0.4) is 0 Å². The Labute approximate surface area is 141 Å². The van der Waals surface area contributed by atoms with Crippen molar-refractivity contribution in [1.82, 2.24) is 5.32 Å². The van der Waals surface area contributed by atoms with Gasteiger partial charge in [0, 0.05) is 18.5 Å². The van der Waals surface area contributed by atoms with Crippen molar-refractivity contribution >= 4 is 17.4 Å². The van der Waals surface area contributed by atoms with Gasteiger partial charge in [-0.2, -0.15) is 0 Å². The molecular formula is C19H22N2O3. The third kappa shape index (κ3) is 5.12. The van der Waals surface area contributed by atoms with Crippen molar-refractivity contribution in [3.8, 4) is 5.75 Å². The number of amides is 1. The van der Waals surface area contributed by atoms with Crippen LogP contribution in [0.25, 0.3) is 0 Å². The molecule has 0 heterocycles. The monoisotopic (exact) mass is 326 g/mol. The lowest BCUT2D eigenvalue weighted by Crippen LogP contribution is -2.28. The van der Waals surface area contributed by atoms with Crippen LogP contribution in [0.15, 0.2) is 48.5 Å². The van der Waals surface area contributed by atoms with Crippen LogP contribution >= 0.6 is 0 Å². The minimum atomic E-state index is -0.232. The van der Waals surface area contributed by atoms with Gasteiger partial charge in [0.2, 0.25) is 0 Å². The fourth-order valence-corrected chi connectivity index (χ4v) is 2.22. The van der Waals surface area contributed by atoms with E-state index in [1.54, 1.807) is 18.2 Å². The number of hydrogen-bond acceptors (Lipinski definition) is 4. The number of Topliss-reactive ketones (excluding diaryl/α,β-unsaturated/α-hetero) is 1. The molecule has 0 unspecified atom stereocenters. The van der Waals surface area contributed by atoms with E-state index in [1.165, 1.54) is 0 Å². The molecule has 0 fully saturated rings. The summed E-state index contributed by atoms with van der Waals surface area (Å²) in [6, 6.07) is 14.5. The molecule has 5 nitrogen and oxygen atoms in total. The molecule has 0 saturated heterocycles. The molecular weight excluding hydrogens is 304 g/mol. The van der Waals surface area contributed by atoms with Gasteiger partial charge < -0.3 is 15.8 Å². The molecule has 0 aliphatic carbocycles. The highest BCUT2D eigenvalue weighted by atomic mass is 16.5. The predicted octanol–water partition coefficient (Wildman–Crippen LogP) is 2.95. The quantitative estimate of drug-likeness (QED) is 0.577. The van der Waals surface area contributed by atoms with Crippen LogP contribution in [0.2, 0.25) is 0 Å². The molecule has 0 bridgehead atoms. The first-order valence-corrected chi connectivity index (χ1v) is 7.96. The molecule has 0 aliphatic rings. The van der Waals surface area contributed by atoms with Crippen LogP contribution in [-0.2, 0) is 11.3 Å². The molecule has 1 amide bonds. The average Bonchev–Trinajstić information content (AvgIpc) is 2.60. The predicted molar refractivity (Wildman–Crippen MR) is 93.9 cm³/mol. The molecule has 2 rings (SSSR count). The summed E-state index contributed by atoms with van der Waals surface area (Å²) in [5, 5.41) is 2.78. The van der Waals surface area contributed by atoms with E-state index in [-0.39, 0.29) is 18.3 Å². The Morgan fingerprint density at radius 1 is 1.12 bits per heavy atom. The molecule has 0 spiro atoms. The summed E-state index contributed by atoms with van der Waals surface area (Å²) in [7, 11) is 0. The Balaban J connectivity index is 1.85. The fourth-order valence-electron chi connectivity index (χ4n) is 2.22. The van der Waals surface area contributed by atoms with Gasteiger partial charge in [-0.05, 0) is 30.2 Å². The van der Waals surface area contributed by atoms with Crippen LogP contribution < -0.4 is 15.8 Å². The van der Waals surface area contributed by atoms with E-state index in [1.807, 2.05) is 37.3 Å². The van der Waals surface area contributed by atoms with Crippen molar-refractivity contribution in [3.63, 3.8) is 0 Å². The summed E-state index contributed by atoms with van der Waals surface area (Å²) in [6.45, 7) is 2.27. The van der Waals surface area contributed by atoms with Gasteiger partial charge in [0.15, 0.2) is 12.4 Å². The number of carbonyl (C=O) groups is 2. The van der Waals surface area contributed by atoms with E-state index in [0.717, 1.165) is 12.0 Å². The van der Waals surface area contributed by atoms with E-state index in [4.69, 9.17) is 10.5 Å². The average molecular weight is 326 g/mol. The maximum absolute atomic E-state index is 11.8. The van der Waals surface area contributed by atoms with Crippen LogP contribution in [0.4, 0.5) is 5.69 Å². The Hall–Kier alpha value is -2.82. The molecule has 0 aliphatic heterocycles. The second kappa shape index (κ2) is 8.72. The fraction of sp³-hybridized carbons (Fsp3) is 0.263. The lowest BCUT2D eigenvalue weighted by Gasteiger charge is -2.10. The van der Waals surface area contributed by atoms with Gasteiger partial charge in [0.1, 0.15) is 5.75 Å². The second-order valence-electron chi connectivity index (χ2n) is 5.48. The van der Waals surface area contributed by atoms with Crippen molar-refractivity contribution in [2.75, 3.05) is 12.3 Å². The summed E-state index contributed by atoms with van der Waals surface area (Å²) in [4.78, 5) is 23.7. The standard InChI is InChI=1S/C19H22N2O3/c1-2-6-17(22)15-9-10-18(16(20)11-15)24-13-19(23)21-12-14-7-4-3-5-8-14/h3-5,7-11H,2,6,12-13,20H2,1H3,(H,21,23). The third-order valence-corrected chi connectivity index (χ3v) is 3.50. The summed E-state index contributed by atoms with van der Waals surface area (Å²) < 4.78 is 5.43. The minimum absolute atomic E-state index is 0.0522. The van der Waals surface area contributed by atoms with Gasteiger partial charge in [-0.25, -0.2) is 0 Å². The van der Waals surface area contributed by atoms with E-state index in [2.05, 4.69) is 5.32 Å². The zero-order valence-corrected chi connectivity index (χ0v) is 13.7. The van der Waals surface area contributed by atoms with Crippen LogP contribution in [-0.4, -0.2) is 18.3 Å². The highest BCUT2D eigenvalue weighted by Gasteiger charge is 2.09. The van der Waals surface area contributed by atoms with Gasteiger partial charge in [0.25, 0.3) is 5.91 Å². The number of benzene rings is 2. The molecule has 126 valence electrons. The topological polar surface area (TPSA) is 81.4 Å². The second-order valence-corrected chi connectivity index (χ2v) is 5.48. The Kier molecular flexibility index (Phi) is 6.37. The van der Waals surface area contributed by atoms with Crippen molar-refractivity contribution in [2.24, 2.45) is 0 Å². The zero-order valence-electron chi connectivity index (χ0n) is 13.7. The third-order valence-electron chi connectivity index (χ3n) is 3.50. The summed E-state index contributed by atoms with van der Waals surface area (Å²) in [5.74, 6) is 0.221. The van der Waals surface area contributed by atoms with Crippen molar-refractivity contribution < 1.29 is 14.3 Å². The lowest BCUT2D eigenvalue weighted by molar-refractivity contribution is -0.123. The molecule has 2 aromatic rings.